The number of ether oxygens (including phenoxy) is 1. The average Bonchev–Trinajstić information content (AvgIpc) is 3.45. The van der Waals surface area contributed by atoms with Crippen molar-refractivity contribution in [3.05, 3.63) is 23.8 Å². The summed E-state index contributed by atoms with van der Waals surface area (Å²) in [5.74, 6) is 4.67. The summed E-state index contributed by atoms with van der Waals surface area (Å²) in [6.07, 6.45) is 19.2. The monoisotopic (exact) mass is 650 g/mol. The predicted molar refractivity (Wildman–Crippen MR) is 166 cm³/mol. The van der Waals surface area contributed by atoms with Gasteiger partial charge in [-0.25, -0.2) is 0 Å². The van der Waals surface area contributed by atoms with E-state index in [0.717, 1.165) is 38.5 Å². The molecule has 0 spiro atoms. The Hall–Kier alpha value is -0.771. The molecule has 0 heterocycles. The van der Waals surface area contributed by atoms with Gasteiger partial charge in [0.2, 0.25) is 0 Å². The molecule has 0 radical (unpaired) electrons. The Morgan fingerprint density at radius 2 is 1.72 bits per heavy atom. The van der Waals surface area contributed by atoms with Crippen LogP contribution in [0.25, 0.3) is 0 Å². The van der Waals surface area contributed by atoms with E-state index in [0.29, 0.717) is 18.3 Å². The molecule has 5 heteroatoms. The molecule has 39 heavy (non-hydrogen) atoms. The van der Waals surface area contributed by atoms with Gasteiger partial charge in [0.1, 0.15) is 0 Å². The molecule has 0 amide bonds. The molecule has 0 saturated heterocycles. The number of rotatable bonds is 17. The number of methoxy groups -OCH3 is 1. The summed E-state index contributed by atoms with van der Waals surface area (Å²) in [4.78, 5) is 11.3. The van der Waals surface area contributed by atoms with Gasteiger partial charge in [0.05, 0.1) is 7.11 Å². The third kappa shape index (κ3) is 11.6. The topological polar surface area (TPSA) is 66.8 Å². The number of carbonyl (C=O) groups excluding carboxylic acids is 1. The molecule has 6 atom stereocenters. The van der Waals surface area contributed by atoms with Crippen LogP contribution in [0.15, 0.2) is 23.8 Å². The van der Waals surface area contributed by atoms with Crippen molar-refractivity contribution >= 4 is 24.3 Å². The molecule has 2 N–H and O–H groups in total. The number of unbranched alkanes of at least 4 members (excludes halogenated alkanes) is 4. The molecule has 2 aliphatic carbocycles. The fraction of sp³-hybridized carbons (Fsp3) is 0.794. The number of allylic oxidation sites excluding steroid dienone is 2. The summed E-state index contributed by atoms with van der Waals surface area (Å²) in [5, 5.41) is 21.7. The molecule has 4 nitrogen and oxygen atoms in total. The van der Waals surface area contributed by atoms with Crippen LogP contribution in [0.4, 0.5) is 0 Å². The normalized spacial score (nSPS) is 25.5. The zero-order valence-electron chi connectivity index (χ0n) is 25.7. The van der Waals surface area contributed by atoms with E-state index in [1.807, 2.05) is 6.08 Å². The first-order valence-corrected chi connectivity index (χ1v) is 23.6. The van der Waals surface area contributed by atoms with Crippen LogP contribution < -0.4 is 0 Å². The molecule has 0 bridgehead atoms. The van der Waals surface area contributed by atoms with Crippen molar-refractivity contribution in [3.63, 3.8) is 0 Å². The summed E-state index contributed by atoms with van der Waals surface area (Å²) >= 11 is -2.45. The maximum atomic E-state index is 11.3. The van der Waals surface area contributed by atoms with Gasteiger partial charge in [-0.1, -0.05) is 0 Å². The number of fused-ring (bicyclic) bond motifs is 1. The van der Waals surface area contributed by atoms with Crippen LogP contribution in [0, 0.1) is 33.5 Å². The second-order valence-corrected chi connectivity index (χ2v) is 24.8. The third-order valence-electron chi connectivity index (χ3n) is 9.27. The molecule has 222 valence electrons. The summed E-state index contributed by atoms with van der Waals surface area (Å²) in [6.45, 7) is 9.01. The third-order valence-corrected chi connectivity index (χ3v) is 22.5. The second kappa shape index (κ2) is 18.6. The average molecular weight is 650 g/mol. The molecule has 2 fully saturated rings. The Kier molecular flexibility index (Phi) is 16.4. The minimum absolute atomic E-state index is 0.101. The van der Waals surface area contributed by atoms with E-state index in [-0.39, 0.29) is 23.9 Å². The van der Waals surface area contributed by atoms with Crippen LogP contribution in [0.2, 0.25) is 13.3 Å². The van der Waals surface area contributed by atoms with E-state index < -0.39 is 24.5 Å². The van der Waals surface area contributed by atoms with Crippen LogP contribution in [0.3, 0.4) is 0 Å². The molecule has 0 aromatic heterocycles. The molecular formula is C34H58O4Sn. The summed E-state index contributed by atoms with van der Waals surface area (Å²) in [6, 6.07) is 0. The number of carbonyl (C=O) groups is 1. The molecule has 0 aliphatic heterocycles. The number of hydrogen-bond acceptors (Lipinski definition) is 4. The van der Waals surface area contributed by atoms with Crippen molar-refractivity contribution < 1.29 is 19.7 Å². The van der Waals surface area contributed by atoms with Crippen LogP contribution in [-0.4, -0.2) is 53.9 Å². The SMILES string of the molecule is CCC[CH2][Sn]([C]#CC[C@H](C)[C@H](O)/C=C/[C@@H]1[C@H]2C/C(=C/CCCC(=O)OC)C[C@H]2C[C@H]1O)([CH2]CCC)[CH2]CCC. The second-order valence-electron chi connectivity index (χ2n) is 12.5. The van der Waals surface area contributed by atoms with E-state index in [1.165, 1.54) is 64.5 Å². The number of esters is 1. The van der Waals surface area contributed by atoms with Crippen LogP contribution in [0.5, 0.6) is 0 Å². The van der Waals surface area contributed by atoms with Crippen molar-refractivity contribution in [2.75, 3.05) is 7.11 Å². The van der Waals surface area contributed by atoms with Crippen molar-refractivity contribution in [1.29, 1.82) is 0 Å². The van der Waals surface area contributed by atoms with Crippen molar-refractivity contribution in [2.24, 2.45) is 23.7 Å². The summed E-state index contributed by atoms with van der Waals surface area (Å²) in [5.41, 5.74) is 1.47. The van der Waals surface area contributed by atoms with Crippen LogP contribution >= 0.6 is 0 Å². The first kappa shape index (κ1) is 34.4. The van der Waals surface area contributed by atoms with Gasteiger partial charge in [-0.15, -0.1) is 0 Å². The van der Waals surface area contributed by atoms with E-state index in [9.17, 15) is 15.0 Å². The maximum absolute atomic E-state index is 11.3. The molecule has 0 unspecified atom stereocenters. The summed E-state index contributed by atoms with van der Waals surface area (Å²) in [7, 11) is 1.44. The molecule has 2 rings (SSSR count). The number of aliphatic hydroxyl groups is 2. The quantitative estimate of drug-likeness (QED) is 0.0551. The minimum atomic E-state index is -2.45. The number of hydrogen-bond donors (Lipinski definition) is 2. The molecular weight excluding hydrogens is 591 g/mol. The molecule has 0 aromatic rings. The van der Waals surface area contributed by atoms with Gasteiger partial charge in [0, 0.05) is 6.42 Å². The van der Waals surface area contributed by atoms with Gasteiger partial charge >= 0.3 is 209 Å². The van der Waals surface area contributed by atoms with Gasteiger partial charge in [-0.05, 0) is 12.8 Å². The predicted octanol–water partition coefficient (Wildman–Crippen LogP) is 8.00. The number of aliphatic hydroxyl groups excluding tert-OH is 2. The van der Waals surface area contributed by atoms with E-state index in [4.69, 9.17) is 4.74 Å². The summed E-state index contributed by atoms with van der Waals surface area (Å²) < 4.78 is 12.9. The fourth-order valence-electron chi connectivity index (χ4n) is 6.65. The van der Waals surface area contributed by atoms with Gasteiger partial charge in [-0.2, -0.15) is 0 Å². The molecule has 0 aromatic carbocycles. The van der Waals surface area contributed by atoms with E-state index in [2.05, 4.69) is 49.7 Å². The van der Waals surface area contributed by atoms with Gasteiger partial charge in [0.15, 0.2) is 0 Å². The zero-order chi connectivity index (χ0) is 28.7. The first-order valence-electron chi connectivity index (χ1n) is 16.1. The van der Waals surface area contributed by atoms with E-state index in [1.54, 1.807) is 0 Å². The van der Waals surface area contributed by atoms with Gasteiger partial charge in [-0.3, -0.25) is 4.79 Å². The molecule has 2 saturated carbocycles. The molecule has 2 aliphatic rings. The standard InChI is InChI=1S/C22H31O4.3C4H9.Sn/c1-4-7-15(2)20(23)11-10-18-19-13-16(12-17(19)14-21(18)24)8-5-6-9-22(25)26-3;3*1-3-4-2;/h8,10-11,15,17-21,23-24H,5-7,9,12-14H2,2-3H3;3*1,3-4H2,2H3;/b11-10+,16-8+;;;;/t15-,17-,18+,19-,20+,21+;;;;/m0..../s1. The van der Waals surface area contributed by atoms with Crippen LogP contribution in [0.1, 0.15) is 111 Å². The zero-order valence-corrected chi connectivity index (χ0v) is 28.6. The Morgan fingerprint density at radius 3 is 2.31 bits per heavy atom. The Labute approximate surface area is 244 Å². The Balaban J connectivity index is 1.95. The van der Waals surface area contributed by atoms with E-state index >= 15 is 0 Å². The van der Waals surface area contributed by atoms with Crippen molar-refractivity contribution in [1.82, 2.24) is 0 Å². The van der Waals surface area contributed by atoms with Crippen molar-refractivity contribution in [2.45, 2.75) is 137 Å². The van der Waals surface area contributed by atoms with Gasteiger partial charge in [0.25, 0.3) is 0 Å². The van der Waals surface area contributed by atoms with Crippen molar-refractivity contribution in [3.8, 4) is 9.86 Å². The Morgan fingerprint density at radius 1 is 1.08 bits per heavy atom. The Bertz CT molecular complexity index is 816. The first-order chi connectivity index (χ1) is 18.8. The van der Waals surface area contributed by atoms with Gasteiger partial charge < -0.3 is 4.74 Å². The van der Waals surface area contributed by atoms with Crippen LogP contribution in [-0.2, 0) is 9.53 Å². The fourth-order valence-corrected chi connectivity index (χ4v) is 20.0.